The summed E-state index contributed by atoms with van der Waals surface area (Å²) in [6.45, 7) is 2.87. The number of carbonyl (C=O) groups excluding carboxylic acids is 2. The van der Waals surface area contributed by atoms with E-state index in [2.05, 4.69) is 10.4 Å². The van der Waals surface area contributed by atoms with E-state index in [0.29, 0.717) is 6.41 Å². The van der Waals surface area contributed by atoms with Crippen LogP contribution in [0.2, 0.25) is 0 Å². The van der Waals surface area contributed by atoms with Crippen LogP contribution in [-0.2, 0) is 9.59 Å². The van der Waals surface area contributed by atoms with Crippen LogP contribution < -0.4 is 10.9 Å². The number of rotatable bonds is 4. The van der Waals surface area contributed by atoms with Crippen molar-refractivity contribution in [3.05, 3.63) is 0 Å². The summed E-state index contributed by atoms with van der Waals surface area (Å²) in [5.41, 5.74) is 2.67. The Balaban J connectivity index is 4.03. The van der Waals surface area contributed by atoms with Gasteiger partial charge in [-0.2, -0.15) is 5.26 Å². The molecule has 0 aromatic rings. The van der Waals surface area contributed by atoms with Crippen molar-refractivity contribution in [3.63, 3.8) is 0 Å². The van der Waals surface area contributed by atoms with Gasteiger partial charge in [0.1, 0.15) is 5.41 Å². The second kappa shape index (κ2) is 4.82. The molecule has 0 saturated carbocycles. The van der Waals surface area contributed by atoms with Gasteiger partial charge in [-0.1, -0.05) is 0 Å². The molecule has 70 valence electrons. The molecule has 7 nitrogen and oxygen atoms in total. The number of amides is 2. The summed E-state index contributed by atoms with van der Waals surface area (Å²) in [5, 5.41) is 14.7. The van der Waals surface area contributed by atoms with E-state index in [1.807, 2.05) is 10.9 Å². The second-order valence-corrected chi connectivity index (χ2v) is 2.62. The third-order valence-electron chi connectivity index (χ3n) is 1.16. The van der Waals surface area contributed by atoms with E-state index in [0.717, 1.165) is 0 Å². The monoisotopic (exact) mass is 183 g/mol. The highest BCUT2D eigenvalue weighted by molar-refractivity contribution is 5.84. The number of hydrogen-bond donors (Lipinski definition) is 2. The minimum atomic E-state index is -1.17. The van der Waals surface area contributed by atoms with Gasteiger partial charge >= 0.3 is 0 Å². The van der Waals surface area contributed by atoms with Crippen LogP contribution in [0.4, 0.5) is 0 Å². The molecule has 0 aromatic heterocycles. The average molecular weight is 183 g/mol. The largest absolute Gasteiger partial charge is 0.277 e. The Kier molecular flexibility index (Phi) is 4.09. The molecule has 0 radical (unpaired) electrons. The van der Waals surface area contributed by atoms with Gasteiger partial charge in [0.15, 0.2) is 0 Å². The van der Waals surface area contributed by atoms with Crippen molar-refractivity contribution in [1.82, 2.24) is 10.9 Å². The molecule has 2 amide bonds. The average Bonchev–Trinajstić information content (AvgIpc) is 2.12. The molecule has 0 fully saturated rings. The molecule has 2 N–H and O–H groups in total. The van der Waals surface area contributed by atoms with E-state index in [9.17, 15) is 9.59 Å². The fourth-order valence-electron chi connectivity index (χ4n) is 0.313. The molecule has 0 spiro atoms. The van der Waals surface area contributed by atoms with E-state index in [-0.39, 0.29) is 0 Å². The Labute approximate surface area is 74.8 Å². The highest BCUT2D eigenvalue weighted by Crippen LogP contribution is 2.12. The summed E-state index contributed by atoms with van der Waals surface area (Å²) in [6, 6.07) is 1.78. The fraction of sp³-hybridized carbons (Fsp3) is 0.500. The molecule has 0 aliphatic heterocycles. The number of nitriles is 1. The zero-order chi connectivity index (χ0) is 10.3. The first-order valence-electron chi connectivity index (χ1n) is 3.35. The van der Waals surface area contributed by atoms with Crippen molar-refractivity contribution in [2.75, 3.05) is 0 Å². The maximum Gasteiger partial charge on any atom is 0.261 e. The van der Waals surface area contributed by atoms with Gasteiger partial charge in [0, 0.05) is 0 Å². The minimum absolute atomic E-state index is 0.297. The first-order valence-corrected chi connectivity index (χ1v) is 3.35. The Hall–Kier alpha value is -1.97. The lowest BCUT2D eigenvalue weighted by molar-refractivity contribution is -0.127. The Morgan fingerprint density at radius 1 is 1.54 bits per heavy atom. The van der Waals surface area contributed by atoms with E-state index < -0.39 is 11.3 Å². The van der Waals surface area contributed by atoms with Crippen LogP contribution in [-0.4, -0.2) is 12.3 Å². The molecular weight excluding hydrogens is 174 g/mol. The summed E-state index contributed by atoms with van der Waals surface area (Å²) in [5.74, 6) is -0.591. The lowest BCUT2D eigenvalue weighted by Crippen LogP contribution is -2.32. The third-order valence-corrected chi connectivity index (χ3v) is 1.16. The fourth-order valence-corrected chi connectivity index (χ4v) is 0.313. The van der Waals surface area contributed by atoms with E-state index >= 15 is 0 Å². The van der Waals surface area contributed by atoms with Crippen LogP contribution in [0.5, 0.6) is 0 Å². The molecule has 0 heterocycles. The highest BCUT2D eigenvalue weighted by Gasteiger charge is 2.26. The van der Waals surface area contributed by atoms with Crippen molar-refractivity contribution in [2.45, 2.75) is 13.8 Å². The third kappa shape index (κ3) is 3.81. The molecule has 0 unspecified atom stereocenters. The molecule has 0 rings (SSSR count). The summed E-state index contributed by atoms with van der Waals surface area (Å²) < 4.78 is 0. The van der Waals surface area contributed by atoms with Gasteiger partial charge in [0.05, 0.1) is 6.07 Å². The van der Waals surface area contributed by atoms with Crippen molar-refractivity contribution in [2.24, 2.45) is 15.9 Å². The number of carbonyl (C=O) groups is 2. The molecule has 7 heteroatoms. The molecule has 0 atom stereocenters. The Bertz CT molecular complexity index is 265. The van der Waals surface area contributed by atoms with Crippen molar-refractivity contribution >= 4 is 12.3 Å². The van der Waals surface area contributed by atoms with Gasteiger partial charge in [0.25, 0.3) is 5.91 Å². The van der Waals surface area contributed by atoms with Gasteiger partial charge < -0.3 is 0 Å². The van der Waals surface area contributed by atoms with E-state index in [4.69, 9.17) is 5.26 Å². The molecule has 0 aliphatic carbocycles. The van der Waals surface area contributed by atoms with Crippen molar-refractivity contribution < 1.29 is 9.59 Å². The second-order valence-electron chi connectivity index (χ2n) is 2.62. The van der Waals surface area contributed by atoms with Crippen LogP contribution in [0.3, 0.4) is 0 Å². The normalized spacial score (nSPS) is 10.5. The smallest absolute Gasteiger partial charge is 0.261 e. The molecule has 0 bridgehead atoms. The summed E-state index contributed by atoms with van der Waals surface area (Å²) in [4.78, 5) is 20.7. The zero-order valence-electron chi connectivity index (χ0n) is 7.24. The topological polar surface area (TPSA) is 107 Å². The van der Waals surface area contributed by atoms with Gasteiger partial charge in [-0.25, -0.2) is 10.9 Å². The lowest BCUT2D eigenvalue weighted by Gasteiger charge is -2.10. The van der Waals surface area contributed by atoms with Crippen LogP contribution >= 0.6 is 0 Å². The predicted molar refractivity (Wildman–Crippen MR) is 41.6 cm³/mol. The molecule has 0 aliphatic rings. The van der Waals surface area contributed by atoms with Crippen LogP contribution in [0.15, 0.2) is 10.4 Å². The van der Waals surface area contributed by atoms with E-state index in [1.54, 1.807) is 6.07 Å². The maximum atomic E-state index is 11.1. The Morgan fingerprint density at radius 3 is 2.62 bits per heavy atom. The van der Waals surface area contributed by atoms with Gasteiger partial charge in [-0.3, -0.25) is 9.59 Å². The molecule has 0 aromatic carbocycles. The quantitative estimate of drug-likeness (QED) is 0.354. The SMILES string of the molecule is CC(C)(C#N)C(=O)NN=NNC=O. The summed E-state index contributed by atoms with van der Waals surface area (Å²) in [6.07, 6.45) is 0.297. The van der Waals surface area contributed by atoms with Gasteiger partial charge in [-0.15, -0.1) is 0 Å². The minimum Gasteiger partial charge on any atom is -0.277 e. The summed E-state index contributed by atoms with van der Waals surface area (Å²) >= 11 is 0. The summed E-state index contributed by atoms with van der Waals surface area (Å²) in [7, 11) is 0. The first kappa shape index (κ1) is 11.0. The molecular formula is C6H9N5O2. The zero-order valence-corrected chi connectivity index (χ0v) is 7.24. The number of nitrogens with zero attached hydrogens (tertiary/aromatic N) is 3. The standard InChI is InChI=1S/C6H9N5O2/c1-6(2,3-7)5(13)9-11-10-8-4-12/h4H,1-2H3,(H,8,11,12)(H,9,10,13). The lowest BCUT2D eigenvalue weighted by atomic mass is 9.95. The van der Waals surface area contributed by atoms with Crippen molar-refractivity contribution in [1.29, 1.82) is 5.26 Å². The van der Waals surface area contributed by atoms with Gasteiger partial charge in [0.2, 0.25) is 6.41 Å². The number of nitrogens with one attached hydrogen (secondary N) is 2. The maximum absolute atomic E-state index is 11.1. The van der Waals surface area contributed by atoms with Crippen LogP contribution in [0.25, 0.3) is 0 Å². The molecule has 13 heavy (non-hydrogen) atoms. The molecule has 0 saturated heterocycles. The van der Waals surface area contributed by atoms with Crippen LogP contribution in [0.1, 0.15) is 13.8 Å². The van der Waals surface area contributed by atoms with Crippen LogP contribution in [0, 0.1) is 16.7 Å². The van der Waals surface area contributed by atoms with Crippen molar-refractivity contribution in [3.8, 4) is 6.07 Å². The number of hydrogen-bond acceptors (Lipinski definition) is 5. The van der Waals surface area contributed by atoms with E-state index in [1.165, 1.54) is 13.8 Å². The Morgan fingerprint density at radius 2 is 2.15 bits per heavy atom. The predicted octanol–water partition coefficient (Wildman–Crippen LogP) is -0.319. The highest BCUT2D eigenvalue weighted by atomic mass is 16.2. The first-order chi connectivity index (χ1) is 6.04. The van der Waals surface area contributed by atoms with Gasteiger partial charge in [-0.05, 0) is 24.3 Å².